The van der Waals surface area contributed by atoms with E-state index >= 15 is 0 Å². The lowest BCUT2D eigenvalue weighted by Crippen LogP contribution is -2.42. The van der Waals surface area contributed by atoms with E-state index in [1.54, 1.807) is 6.20 Å². The molecule has 0 aliphatic heterocycles. The number of nitrogens with one attached hydrogen (secondary N) is 1. The molecule has 0 aromatic carbocycles. The molecule has 1 atom stereocenters. The van der Waals surface area contributed by atoms with Crippen molar-refractivity contribution in [3.05, 3.63) is 18.1 Å². The number of aromatic nitrogens is 2. The van der Waals surface area contributed by atoms with E-state index in [0.29, 0.717) is 11.8 Å². The number of halogens is 1. The molecule has 84 valence electrons. The minimum absolute atomic E-state index is 0.137. The minimum atomic E-state index is -0.137. The lowest BCUT2D eigenvalue weighted by molar-refractivity contribution is 0.411. The number of rotatable bonds is 4. The van der Waals surface area contributed by atoms with Crippen LogP contribution >= 0.6 is 11.6 Å². The fourth-order valence-electron chi connectivity index (χ4n) is 1.15. The molecule has 3 nitrogen and oxygen atoms in total. The van der Waals surface area contributed by atoms with Crippen molar-refractivity contribution in [1.29, 1.82) is 0 Å². The van der Waals surface area contributed by atoms with Crippen molar-refractivity contribution >= 4 is 17.4 Å². The quantitative estimate of drug-likeness (QED) is 0.804. The molecule has 1 rings (SSSR count). The van der Waals surface area contributed by atoms with E-state index in [2.05, 4.69) is 36.1 Å². The van der Waals surface area contributed by atoms with Crippen molar-refractivity contribution in [1.82, 2.24) is 9.97 Å². The molecule has 0 saturated heterocycles. The summed E-state index contributed by atoms with van der Waals surface area (Å²) in [5, 5.41) is 3.36. The second-order valence-corrected chi connectivity index (χ2v) is 4.59. The summed E-state index contributed by atoms with van der Waals surface area (Å²) in [5.74, 6) is 2.58. The third-order valence-electron chi connectivity index (χ3n) is 2.74. The van der Waals surface area contributed by atoms with E-state index in [1.807, 2.05) is 13.0 Å². The van der Waals surface area contributed by atoms with Gasteiger partial charge in [-0.05, 0) is 25.8 Å². The fraction of sp³-hybridized carbons (Fsp3) is 0.636. The first-order valence-electron chi connectivity index (χ1n) is 5.12. The second-order valence-electron chi connectivity index (χ2n) is 4.32. The van der Waals surface area contributed by atoms with Crippen LogP contribution in [0.3, 0.4) is 0 Å². The van der Waals surface area contributed by atoms with Crippen LogP contribution in [0.25, 0.3) is 0 Å². The van der Waals surface area contributed by atoms with Gasteiger partial charge in [-0.2, -0.15) is 0 Å². The van der Waals surface area contributed by atoms with Crippen molar-refractivity contribution in [2.24, 2.45) is 5.92 Å². The molecule has 1 unspecified atom stereocenters. The molecule has 1 aromatic rings. The standard InChI is InChI=1S/C11H18ClN3/c1-8(2)11(4,7-12)15-10-5-6-13-9(3)14-10/h5-6,8H,7H2,1-4H3,(H,13,14,15). The van der Waals surface area contributed by atoms with E-state index in [0.717, 1.165) is 11.6 Å². The highest BCUT2D eigenvalue weighted by molar-refractivity contribution is 6.18. The summed E-state index contributed by atoms with van der Waals surface area (Å²) in [5.41, 5.74) is -0.137. The van der Waals surface area contributed by atoms with Gasteiger partial charge in [-0.25, -0.2) is 9.97 Å². The van der Waals surface area contributed by atoms with Gasteiger partial charge in [0.15, 0.2) is 0 Å². The Bertz CT molecular complexity index is 327. The van der Waals surface area contributed by atoms with Crippen LogP contribution in [0.1, 0.15) is 26.6 Å². The van der Waals surface area contributed by atoms with Gasteiger partial charge >= 0.3 is 0 Å². The van der Waals surface area contributed by atoms with Gasteiger partial charge in [0.05, 0.1) is 5.54 Å². The maximum Gasteiger partial charge on any atom is 0.130 e. The minimum Gasteiger partial charge on any atom is -0.363 e. The molecule has 0 amide bonds. The summed E-state index contributed by atoms with van der Waals surface area (Å²) >= 11 is 5.99. The second kappa shape index (κ2) is 4.79. The van der Waals surface area contributed by atoms with Crippen LogP contribution in [0.2, 0.25) is 0 Å². The molecular weight excluding hydrogens is 210 g/mol. The third kappa shape index (κ3) is 3.06. The highest BCUT2D eigenvalue weighted by atomic mass is 35.5. The molecular formula is C11H18ClN3. The first kappa shape index (κ1) is 12.2. The lowest BCUT2D eigenvalue weighted by Gasteiger charge is -2.33. The van der Waals surface area contributed by atoms with Gasteiger partial charge in [0, 0.05) is 12.1 Å². The molecule has 1 N–H and O–H groups in total. The average molecular weight is 228 g/mol. The number of alkyl halides is 1. The predicted octanol–water partition coefficient (Wildman–Crippen LogP) is 2.85. The molecule has 0 aliphatic carbocycles. The summed E-state index contributed by atoms with van der Waals surface area (Å²) in [6, 6.07) is 1.86. The van der Waals surface area contributed by atoms with Gasteiger partial charge in [-0.15, -0.1) is 11.6 Å². The first-order valence-corrected chi connectivity index (χ1v) is 5.65. The zero-order valence-electron chi connectivity index (χ0n) is 9.71. The maximum absolute atomic E-state index is 5.99. The molecule has 1 aromatic heterocycles. The largest absolute Gasteiger partial charge is 0.363 e. The Balaban J connectivity index is 2.84. The molecule has 0 bridgehead atoms. The number of nitrogens with zero attached hydrogens (tertiary/aromatic N) is 2. The van der Waals surface area contributed by atoms with E-state index in [9.17, 15) is 0 Å². The first-order chi connectivity index (χ1) is 6.98. The van der Waals surface area contributed by atoms with Crippen LogP contribution in [0.15, 0.2) is 12.3 Å². The SMILES string of the molecule is Cc1nccc(NC(C)(CCl)C(C)C)n1. The number of aryl methyl sites for hydroxylation is 1. The third-order valence-corrected chi connectivity index (χ3v) is 3.30. The van der Waals surface area contributed by atoms with Gasteiger partial charge in [0.1, 0.15) is 11.6 Å². The molecule has 0 fully saturated rings. The van der Waals surface area contributed by atoms with Gasteiger partial charge in [-0.1, -0.05) is 13.8 Å². The molecule has 0 radical (unpaired) electrons. The van der Waals surface area contributed by atoms with Crippen molar-refractivity contribution < 1.29 is 0 Å². The maximum atomic E-state index is 5.99. The van der Waals surface area contributed by atoms with Crippen molar-refractivity contribution in [2.45, 2.75) is 33.2 Å². The summed E-state index contributed by atoms with van der Waals surface area (Å²) in [6.07, 6.45) is 1.75. The van der Waals surface area contributed by atoms with Crippen LogP contribution in [0.5, 0.6) is 0 Å². The van der Waals surface area contributed by atoms with Crippen LogP contribution in [0, 0.1) is 12.8 Å². The Morgan fingerprint density at radius 3 is 2.67 bits per heavy atom. The highest BCUT2D eigenvalue weighted by Crippen LogP contribution is 2.23. The van der Waals surface area contributed by atoms with Crippen molar-refractivity contribution in [2.75, 3.05) is 11.2 Å². The van der Waals surface area contributed by atoms with E-state index in [-0.39, 0.29) is 5.54 Å². The molecule has 0 saturated carbocycles. The topological polar surface area (TPSA) is 37.8 Å². The van der Waals surface area contributed by atoms with Crippen molar-refractivity contribution in [3.8, 4) is 0 Å². The molecule has 4 heteroatoms. The van der Waals surface area contributed by atoms with Crippen LogP contribution in [-0.4, -0.2) is 21.4 Å². The monoisotopic (exact) mass is 227 g/mol. The Hall–Kier alpha value is -0.830. The summed E-state index contributed by atoms with van der Waals surface area (Å²) in [7, 11) is 0. The van der Waals surface area contributed by atoms with E-state index < -0.39 is 0 Å². The summed E-state index contributed by atoms with van der Waals surface area (Å²) in [4.78, 5) is 8.36. The van der Waals surface area contributed by atoms with Crippen molar-refractivity contribution in [3.63, 3.8) is 0 Å². The molecule has 0 spiro atoms. The smallest absolute Gasteiger partial charge is 0.130 e. The summed E-state index contributed by atoms with van der Waals surface area (Å²) in [6.45, 7) is 8.26. The zero-order chi connectivity index (χ0) is 11.5. The van der Waals surface area contributed by atoms with Gasteiger partial charge in [0.25, 0.3) is 0 Å². The Morgan fingerprint density at radius 1 is 1.53 bits per heavy atom. The number of hydrogen-bond donors (Lipinski definition) is 1. The Labute approximate surface area is 96.3 Å². The fourth-order valence-corrected chi connectivity index (χ4v) is 1.53. The Morgan fingerprint density at radius 2 is 2.20 bits per heavy atom. The number of anilines is 1. The molecule has 0 aliphatic rings. The predicted molar refractivity (Wildman–Crippen MR) is 64.4 cm³/mol. The number of hydrogen-bond acceptors (Lipinski definition) is 3. The van der Waals surface area contributed by atoms with E-state index in [4.69, 9.17) is 11.6 Å². The summed E-state index contributed by atoms with van der Waals surface area (Å²) < 4.78 is 0. The molecule has 1 heterocycles. The van der Waals surface area contributed by atoms with Gasteiger partial charge in [0.2, 0.25) is 0 Å². The van der Waals surface area contributed by atoms with Gasteiger partial charge in [-0.3, -0.25) is 0 Å². The normalized spacial score (nSPS) is 15.1. The lowest BCUT2D eigenvalue weighted by atomic mass is 9.90. The van der Waals surface area contributed by atoms with Crippen LogP contribution in [-0.2, 0) is 0 Å². The highest BCUT2D eigenvalue weighted by Gasteiger charge is 2.27. The van der Waals surface area contributed by atoms with Crippen LogP contribution < -0.4 is 5.32 Å². The van der Waals surface area contributed by atoms with Gasteiger partial charge < -0.3 is 5.32 Å². The van der Waals surface area contributed by atoms with E-state index in [1.165, 1.54) is 0 Å². The zero-order valence-corrected chi connectivity index (χ0v) is 10.5. The Kier molecular flexibility index (Phi) is 3.91. The van der Waals surface area contributed by atoms with Crippen LogP contribution in [0.4, 0.5) is 5.82 Å². The molecule has 15 heavy (non-hydrogen) atoms. The average Bonchev–Trinajstić information content (AvgIpc) is 2.17.